The summed E-state index contributed by atoms with van der Waals surface area (Å²) in [6, 6.07) is 15.3. The number of phenols is 1. The van der Waals surface area contributed by atoms with Crippen LogP contribution in [0.1, 0.15) is 24.5 Å². The Balaban J connectivity index is 1.85. The normalized spacial score (nSPS) is 12.5. The molecule has 0 saturated heterocycles. The van der Waals surface area contributed by atoms with E-state index in [-0.39, 0.29) is 36.6 Å². The lowest BCUT2D eigenvalue weighted by atomic mass is 10.1. The molecule has 166 valence electrons. The van der Waals surface area contributed by atoms with E-state index >= 15 is 0 Å². The van der Waals surface area contributed by atoms with Crippen LogP contribution in [0.3, 0.4) is 0 Å². The van der Waals surface area contributed by atoms with E-state index in [1.165, 1.54) is 0 Å². The quantitative estimate of drug-likeness (QED) is 0.339. The fourth-order valence-corrected chi connectivity index (χ4v) is 3.07. The van der Waals surface area contributed by atoms with Crippen molar-refractivity contribution in [2.45, 2.75) is 38.3 Å². The van der Waals surface area contributed by atoms with Gasteiger partial charge in [-0.15, -0.1) is 0 Å². The van der Waals surface area contributed by atoms with Gasteiger partial charge in [0.2, 0.25) is 17.7 Å². The molecule has 0 aliphatic rings. The van der Waals surface area contributed by atoms with Gasteiger partial charge in [-0.3, -0.25) is 14.4 Å². The van der Waals surface area contributed by atoms with Gasteiger partial charge in [0.1, 0.15) is 11.8 Å². The van der Waals surface area contributed by atoms with Crippen molar-refractivity contribution in [2.24, 2.45) is 5.73 Å². The molecule has 3 amide bonds. The highest BCUT2D eigenvalue weighted by Gasteiger charge is 2.20. The van der Waals surface area contributed by atoms with Gasteiger partial charge in [0.15, 0.2) is 0 Å². The maximum absolute atomic E-state index is 12.6. The SMILES string of the molecule is C[C@@H](NC(=O)CCc1ccc(O)cc1)C(=O)N[C@H](CNCC(N)=O)Cc1ccccc1. The van der Waals surface area contributed by atoms with Crippen LogP contribution in [0.5, 0.6) is 5.75 Å². The van der Waals surface area contributed by atoms with Gasteiger partial charge in [-0.1, -0.05) is 42.5 Å². The van der Waals surface area contributed by atoms with Gasteiger partial charge in [0.05, 0.1) is 6.54 Å². The number of nitrogens with two attached hydrogens (primary N) is 1. The number of nitrogens with one attached hydrogen (secondary N) is 3. The molecule has 2 rings (SSSR count). The summed E-state index contributed by atoms with van der Waals surface area (Å²) in [5, 5.41) is 17.9. The lowest BCUT2D eigenvalue weighted by Gasteiger charge is -2.22. The number of hydrogen-bond acceptors (Lipinski definition) is 5. The summed E-state index contributed by atoms with van der Waals surface area (Å²) >= 11 is 0. The predicted octanol–water partition coefficient (Wildman–Crippen LogP) is 0.632. The highest BCUT2D eigenvalue weighted by atomic mass is 16.3. The molecular weight excluding hydrogens is 396 g/mol. The first-order chi connectivity index (χ1) is 14.8. The van der Waals surface area contributed by atoms with Crippen LogP contribution in [-0.4, -0.2) is 48.0 Å². The zero-order chi connectivity index (χ0) is 22.6. The fraction of sp³-hybridized carbons (Fsp3) is 0.348. The molecule has 0 heterocycles. The first kappa shape index (κ1) is 23.9. The van der Waals surface area contributed by atoms with Crippen molar-refractivity contribution in [3.05, 3.63) is 65.7 Å². The number of hydrogen-bond donors (Lipinski definition) is 5. The van der Waals surface area contributed by atoms with Gasteiger partial charge < -0.3 is 26.8 Å². The van der Waals surface area contributed by atoms with Crippen LogP contribution in [0.2, 0.25) is 0 Å². The van der Waals surface area contributed by atoms with Crippen molar-refractivity contribution in [1.29, 1.82) is 0 Å². The maximum atomic E-state index is 12.6. The second kappa shape index (κ2) is 12.3. The van der Waals surface area contributed by atoms with E-state index in [2.05, 4.69) is 16.0 Å². The minimum Gasteiger partial charge on any atom is -0.508 e. The lowest BCUT2D eigenvalue weighted by Crippen LogP contribution is -2.51. The smallest absolute Gasteiger partial charge is 0.242 e. The summed E-state index contributed by atoms with van der Waals surface area (Å²) in [7, 11) is 0. The Hall–Kier alpha value is -3.39. The minimum atomic E-state index is -0.707. The largest absolute Gasteiger partial charge is 0.508 e. The Morgan fingerprint density at radius 1 is 0.968 bits per heavy atom. The second-order valence-corrected chi connectivity index (χ2v) is 7.45. The zero-order valence-corrected chi connectivity index (χ0v) is 17.6. The topological polar surface area (TPSA) is 134 Å². The maximum Gasteiger partial charge on any atom is 0.242 e. The average molecular weight is 427 g/mol. The molecule has 0 aliphatic heterocycles. The molecule has 8 nitrogen and oxygen atoms in total. The Kier molecular flexibility index (Phi) is 9.51. The van der Waals surface area contributed by atoms with E-state index in [1.54, 1.807) is 31.2 Å². The number of carbonyl (C=O) groups excluding carboxylic acids is 3. The molecule has 2 atom stereocenters. The molecular formula is C23H30N4O4. The first-order valence-electron chi connectivity index (χ1n) is 10.2. The molecule has 0 radical (unpaired) electrons. The molecule has 31 heavy (non-hydrogen) atoms. The van der Waals surface area contributed by atoms with E-state index in [0.29, 0.717) is 19.4 Å². The van der Waals surface area contributed by atoms with E-state index < -0.39 is 11.9 Å². The number of aryl methyl sites for hydroxylation is 1. The molecule has 0 spiro atoms. The number of benzene rings is 2. The third-order valence-corrected chi connectivity index (χ3v) is 4.71. The van der Waals surface area contributed by atoms with Gasteiger partial charge in [-0.05, 0) is 43.0 Å². The summed E-state index contributed by atoms with van der Waals surface area (Å²) in [6.45, 7) is 2.01. The molecule has 6 N–H and O–H groups in total. The second-order valence-electron chi connectivity index (χ2n) is 7.45. The Bertz CT molecular complexity index is 856. The molecule has 0 bridgehead atoms. The van der Waals surface area contributed by atoms with Crippen molar-refractivity contribution in [1.82, 2.24) is 16.0 Å². The van der Waals surface area contributed by atoms with E-state index in [1.807, 2.05) is 30.3 Å². The number of phenolic OH excluding ortho intramolecular Hbond substituents is 1. The summed E-state index contributed by atoms with van der Waals surface area (Å²) < 4.78 is 0. The molecule has 0 fully saturated rings. The van der Waals surface area contributed by atoms with Crippen molar-refractivity contribution >= 4 is 17.7 Å². The number of amides is 3. The Morgan fingerprint density at radius 3 is 2.29 bits per heavy atom. The standard InChI is InChI=1S/C23H30N4O4/c1-16(26-22(30)12-9-17-7-10-20(28)11-8-17)23(31)27-19(14-25-15-21(24)29)13-18-5-3-2-4-6-18/h2-8,10-11,16,19,25,28H,9,12-15H2,1H3,(H2,24,29)(H,26,30)(H,27,31)/t16-,19+/m1/s1. The van der Waals surface area contributed by atoms with Crippen molar-refractivity contribution in [2.75, 3.05) is 13.1 Å². The van der Waals surface area contributed by atoms with Crippen LogP contribution in [0.15, 0.2) is 54.6 Å². The summed E-state index contributed by atoms with van der Waals surface area (Å²) in [5.74, 6) is -0.838. The van der Waals surface area contributed by atoms with Gasteiger partial charge in [-0.2, -0.15) is 0 Å². The van der Waals surface area contributed by atoms with E-state index in [0.717, 1.165) is 11.1 Å². The van der Waals surface area contributed by atoms with E-state index in [9.17, 15) is 19.5 Å². The van der Waals surface area contributed by atoms with Crippen molar-refractivity contribution in [3.8, 4) is 5.75 Å². The summed E-state index contributed by atoms with van der Waals surface area (Å²) in [6.07, 6.45) is 1.31. The van der Waals surface area contributed by atoms with Crippen LogP contribution < -0.4 is 21.7 Å². The van der Waals surface area contributed by atoms with Crippen molar-refractivity contribution < 1.29 is 19.5 Å². The van der Waals surface area contributed by atoms with Crippen LogP contribution in [-0.2, 0) is 27.2 Å². The predicted molar refractivity (Wildman–Crippen MR) is 118 cm³/mol. The number of carbonyl (C=O) groups is 3. The van der Waals surface area contributed by atoms with Gasteiger partial charge >= 0.3 is 0 Å². The van der Waals surface area contributed by atoms with Gasteiger partial charge in [0.25, 0.3) is 0 Å². The molecule has 0 aliphatic carbocycles. The highest BCUT2D eigenvalue weighted by Crippen LogP contribution is 2.11. The molecule has 0 unspecified atom stereocenters. The molecule has 2 aromatic rings. The van der Waals surface area contributed by atoms with E-state index in [4.69, 9.17) is 5.73 Å². The summed E-state index contributed by atoms with van der Waals surface area (Å²) in [5.41, 5.74) is 7.13. The summed E-state index contributed by atoms with van der Waals surface area (Å²) in [4.78, 5) is 35.8. The highest BCUT2D eigenvalue weighted by molar-refractivity contribution is 5.87. The molecule has 0 aromatic heterocycles. The number of rotatable bonds is 12. The Labute approximate surface area is 182 Å². The molecule has 2 aromatic carbocycles. The van der Waals surface area contributed by atoms with Gasteiger partial charge in [-0.25, -0.2) is 0 Å². The van der Waals surface area contributed by atoms with Crippen molar-refractivity contribution in [3.63, 3.8) is 0 Å². The van der Waals surface area contributed by atoms with Gasteiger partial charge in [0, 0.05) is 19.0 Å². The molecule has 0 saturated carbocycles. The lowest BCUT2D eigenvalue weighted by molar-refractivity contribution is -0.129. The zero-order valence-electron chi connectivity index (χ0n) is 17.6. The first-order valence-corrected chi connectivity index (χ1v) is 10.2. The van der Waals surface area contributed by atoms with Crippen LogP contribution in [0.25, 0.3) is 0 Å². The third-order valence-electron chi connectivity index (χ3n) is 4.71. The minimum absolute atomic E-state index is 0.0186. The number of aromatic hydroxyl groups is 1. The monoisotopic (exact) mass is 426 g/mol. The fourth-order valence-electron chi connectivity index (χ4n) is 3.07. The Morgan fingerprint density at radius 2 is 1.65 bits per heavy atom. The molecule has 8 heteroatoms. The van der Waals surface area contributed by atoms with Crippen LogP contribution >= 0.6 is 0 Å². The van der Waals surface area contributed by atoms with Crippen LogP contribution in [0.4, 0.5) is 0 Å². The number of primary amides is 1. The average Bonchev–Trinajstić information content (AvgIpc) is 2.73. The third kappa shape index (κ3) is 9.31. The van der Waals surface area contributed by atoms with Crippen LogP contribution in [0, 0.1) is 0 Å².